The van der Waals surface area contributed by atoms with E-state index in [1.807, 2.05) is 13.8 Å². The summed E-state index contributed by atoms with van der Waals surface area (Å²) in [6.45, 7) is 4.03. The van der Waals surface area contributed by atoms with Crippen molar-refractivity contribution in [2.24, 2.45) is 0 Å². The lowest BCUT2D eigenvalue weighted by molar-refractivity contribution is 0.0954. The molecule has 0 aliphatic rings. The van der Waals surface area contributed by atoms with E-state index in [0.29, 0.717) is 10.6 Å². The number of aryl methyl sites for hydroxylation is 2. The molecular formula is C17H19ClN2O3S. The van der Waals surface area contributed by atoms with Crippen LogP contribution in [-0.2, 0) is 10.0 Å². The third kappa shape index (κ3) is 4.56. The summed E-state index contributed by atoms with van der Waals surface area (Å²) in [6.07, 6.45) is 0. The zero-order chi connectivity index (χ0) is 17.7. The lowest BCUT2D eigenvalue weighted by Crippen LogP contribution is -2.34. The predicted octanol–water partition coefficient (Wildman–Crippen LogP) is 2.67. The first-order valence-electron chi connectivity index (χ1n) is 7.41. The molecule has 0 radical (unpaired) electrons. The van der Waals surface area contributed by atoms with Crippen LogP contribution in [0.15, 0.2) is 47.4 Å². The molecule has 0 fully saturated rings. The average Bonchev–Trinajstić information content (AvgIpc) is 2.54. The number of nitrogens with one attached hydrogen (secondary N) is 2. The lowest BCUT2D eigenvalue weighted by atomic mass is 10.1. The molecule has 128 valence electrons. The van der Waals surface area contributed by atoms with Crippen LogP contribution in [0, 0.1) is 13.8 Å². The molecule has 2 aromatic rings. The quantitative estimate of drug-likeness (QED) is 0.772. The predicted molar refractivity (Wildman–Crippen MR) is 94.9 cm³/mol. The molecule has 7 heteroatoms. The van der Waals surface area contributed by atoms with Gasteiger partial charge in [-0.25, -0.2) is 13.1 Å². The van der Waals surface area contributed by atoms with Gasteiger partial charge in [-0.1, -0.05) is 29.8 Å². The maximum Gasteiger partial charge on any atom is 0.252 e. The van der Waals surface area contributed by atoms with Gasteiger partial charge in [0, 0.05) is 13.1 Å². The van der Waals surface area contributed by atoms with Crippen molar-refractivity contribution in [1.29, 1.82) is 0 Å². The van der Waals surface area contributed by atoms with Gasteiger partial charge in [0.1, 0.15) is 0 Å². The van der Waals surface area contributed by atoms with Crippen LogP contribution >= 0.6 is 11.6 Å². The van der Waals surface area contributed by atoms with Crippen molar-refractivity contribution < 1.29 is 13.2 Å². The fourth-order valence-corrected chi connectivity index (χ4v) is 3.40. The molecule has 2 N–H and O–H groups in total. The minimum absolute atomic E-state index is 0.0887. The van der Waals surface area contributed by atoms with E-state index < -0.39 is 10.0 Å². The molecule has 0 saturated heterocycles. The van der Waals surface area contributed by atoms with Crippen molar-refractivity contribution in [1.82, 2.24) is 10.0 Å². The van der Waals surface area contributed by atoms with E-state index in [-0.39, 0.29) is 23.9 Å². The van der Waals surface area contributed by atoms with Crippen LogP contribution < -0.4 is 10.0 Å². The van der Waals surface area contributed by atoms with Gasteiger partial charge >= 0.3 is 0 Å². The molecule has 0 aromatic heterocycles. The third-order valence-electron chi connectivity index (χ3n) is 3.61. The second-order valence-corrected chi connectivity index (χ2v) is 7.55. The summed E-state index contributed by atoms with van der Waals surface area (Å²) in [5.41, 5.74) is 2.29. The summed E-state index contributed by atoms with van der Waals surface area (Å²) in [5, 5.41) is 2.99. The first-order valence-corrected chi connectivity index (χ1v) is 9.27. The van der Waals surface area contributed by atoms with Gasteiger partial charge in [0.05, 0.1) is 15.5 Å². The standard InChI is InChI=1S/C17H19ClN2O3S/c1-12-7-8-14(11-13(12)2)24(22,23)20-10-9-19-17(21)15-5-3-4-6-16(15)18/h3-8,11,20H,9-10H2,1-2H3,(H,19,21). The Kier molecular flexibility index (Phi) is 5.99. The molecule has 5 nitrogen and oxygen atoms in total. The molecule has 0 bridgehead atoms. The number of halogens is 1. The van der Waals surface area contributed by atoms with Gasteiger partial charge in [-0.2, -0.15) is 0 Å². The van der Waals surface area contributed by atoms with Crippen LogP contribution in [0.2, 0.25) is 5.02 Å². The van der Waals surface area contributed by atoms with E-state index >= 15 is 0 Å². The molecule has 24 heavy (non-hydrogen) atoms. The van der Waals surface area contributed by atoms with Gasteiger partial charge in [-0.15, -0.1) is 0 Å². The summed E-state index contributed by atoms with van der Waals surface area (Å²) in [4.78, 5) is 12.2. The third-order valence-corrected chi connectivity index (χ3v) is 5.40. The van der Waals surface area contributed by atoms with E-state index in [1.54, 1.807) is 42.5 Å². The van der Waals surface area contributed by atoms with Gasteiger partial charge in [0.2, 0.25) is 10.0 Å². The van der Waals surface area contributed by atoms with Crippen LogP contribution in [-0.4, -0.2) is 27.4 Å². The molecule has 0 heterocycles. The minimum Gasteiger partial charge on any atom is -0.351 e. The number of carbonyl (C=O) groups is 1. The molecule has 2 aromatic carbocycles. The van der Waals surface area contributed by atoms with Crippen molar-refractivity contribution in [3.8, 4) is 0 Å². The van der Waals surface area contributed by atoms with E-state index in [9.17, 15) is 13.2 Å². The van der Waals surface area contributed by atoms with Crippen molar-refractivity contribution in [3.63, 3.8) is 0 Å². The molecular weight excluding hydrogens is 348 g/mol. The second kappa shape index (κ2) is 7.79. The first-order chi connectivity index (χ1) is 11.3. The molecule has 0 aliphatic carbocycles. The van der Waals surface area contributed by atoms with Gasteiger partial charge < -0.3 is 5.32 Å². The minimum atomic E-state index is -3.60. The summed E-state index contributed by atoms with van der Waals surface area (Å²) in [5.74, 6) is -0.342. The Morgan fingerprint density at radius 3 is 2.42 bits per heavy atom. The number of sulfonamides is 1. The molecule has 0 spiro atoms. The van der Waals surface area contributed by atoms with Gasteiger partial charge in [-0.05, 0) is 49.2 Å². The number of rotatable bonds is 6. The highest BCUT2D eigenvalue weighted by atomic mass is 35.5. The topological polar surface area (TPSA) is 75.3 Å². The Labute approximate surface area is 147 Å². The van der Waals surface area contributed by atoms with Crippen LogP contribution in [0.25, 0.3) is 0 Å². The summed E-state index contributed by atoms with van der Waals surface area (Å²) in [7, 11) is -3.60. The Morgan fingerprint density at radius 1 is 1.04 bits per heavy atom. The summed E-state index contributed by atoms with van der Waals surface area (Å²) < 4.78 is 26.9. The lowest BCUT2D eigenvalue weighted by Gasteiger charge is -2.10. The van der Waals surface area contributed by atoms with Crippen molar-refractivity contribution in [2.75, 3.05) is 13.1 Å². The second-order valence-electron chi connectivity index (χ2n) is 5.38. The largest absolute Gasteiger partial charge is 0.351 e. The normalized spacial score (nSPS) is 11.3. The smallest absolute Gasteiger partial charge is 0.252 e. The number of amides is 1. The highest BCUT2D eigenvalue weighted by Gasteiger charge is 2.14. The SMILES string of the molecule is Cc1ccc(S(=O)(=O)NCCNC(=O)c2ccccc2Cl)cc1C. The molecule has 1 amide bonds. The summed E-state index contributed by atoms with van der Waals surface area (Å²) >= 11 is 5.94. The van der Waals surface area contributed by atoms with Gasteiger partial charge in [0.25, 0.3) is 5.91 Å². The molecule has 0 aliphatic heterocycles. The Morgan fingerprint density at radius 2 is 1.75 bits per heavy atom. The van der Waals surface area contributed by atoms with E-state index in [2.05, 4.69) is 10.0 Å². The Bertz CT molecular complexity index is 851. The molecule has 0 saturated carbocycles. The number of hydrogen-bond acceptors (Lipinski definition) is 3. The van der Waals surface area contributed by atoms with E-state index in [0.717, 1.165) is 11.1 Å². The monoisotopic (exact) mass is 366 g/mol. The Balaban J connectivity index is 1.90. The molecule has 0 atom stereocenters. The van der Waals surface area contributed by atoms with E-state index in [4.69, 9.17) is 11.6 Å². The van der Waals surface area contributed by atoms with Crippen molar-refractivity contribution >= 4 is 27.5 Å². The van der Waals surface area contributed by atoms with Crippen molar-refractivity contribution in [3.05, 3.63) is 64.2 Å². The highest BCUT2D eigenvalue weighted by molar-refractivity contribution is 7.89. The van der Waals surface area contributed by atoms with E-state index in [1.165, 1.54) is 0 Å². The molecule has 0 unspecified atom stereocenters. The van der Waals surface area contributed by atoms with Crippen molar-refractivity contribution in [2.45, 2.75) is 18.7 Å². The van der Waals surface area contributed by atoms with Crippen LogP contribution in [0.4, 0.5) is 0 Å². The maximum atomic E-state index is 12.2. The zero-order valence-electron chi connectivity index (χ0n) is 13.5. The summed E-state index contributed by atoms with van der Waals surface area (Å²) in [6, 6.07) is 11.6. The van der Waals surface area contributed by atoms with Gasteiger partial charge in [-0.3, -0.25) is 4.79 Å². The number of hydrogen-bond donors (Lipinski definition) is 2. The number of carbonyl (C=O) groups excluding carboxylic acids is 1. The van der Waals surface area contributed by atoms with Crippen LogP contribution in [0.1, 0.15) is 21.5 Å². The van der Waals surface area contributed by atoms with Crippen LogP contribution in [0.3, 0.4) is 0 Å². The highest BCUT2D eigenvalue weighted by Crippen LogP contribution is 2.15. The Hall–Kier alpha value is -1.89. The number of benzene rings is 2. The zero-order valence-corrected chi connectivity index (χ0v) is 15.0. The van der Waals surface area contributed by atoms with Crippen LogP contribution in [0.5, 0.6) is 0 Å². The molecule has 2 rings (SSSR count). The van der Waals surface area contributed by atoms with Gasteiger partial charge in [0.15, 0.2) is 0 Å². The fourth-order valence-electron chi connectivity index (χ4n) is 2.07. The first kappa shape index (κ1) is 18.4. The maximum absolute atomic E-state index is 12.2. The average molecular weight is 367 g/mol. The fraction of sp³-hybridized carbons (Fsp3) is 0.235.